The molecule has 0 fully saturated rings. The summed E-state index contributed by atoms with van der Waals surface area (Å²) in [5.74, 6) is 1.02. The van der Waals surface area contributed by atoms with Gasteiger partial charge in [-0.15, -0.1) is 5.10 Å². The summed E-state index contributed by atoms with van der Waals surface area (Å²) in [6, 6.07) is 10.7. The second-order valence-electron chi connectivity index (χ2n) is 5.26. The van der Waals surface area contributed by atoms with Crippen LogP contribution in [0.4, 0.5) is 5.82 Å². The highest BCUT2D eigenvalue weighted by atomic mass is 16.5. The Balaban J connectivity index is 2.24. The number of nitrogen functional groups attached to an aromatic ring is 1. The minimum absolute atomic E-state index is 0.378. The number of hydrogen-bond acceptors (Lipinski definition) is 6. The third-order valence-electron chi connectivity index (χ3n) is 3.83. The second kappa shape index (κ2) is 5.87. The molecule has 6 nitrogen and oxygen atoms in total. The molecule has 0 bridgehead atoms. The van der Waals surface area contributed by atoms with Gasteiger partial charge in [0.25, 0.3) is 0 Å². The molecule has 23 heavy (non-hydrogen) atoms. The Morgan fingerprint density at radius 2 is 1.83 bits per heavy atom. The number of aromatic nitrogens is 2. The Hall–Kier alpha value is -2.64. The van der Waals surface area contributed by atoms with Crippen molar-refractivity contribution in [3.8, 4) is 16.9 Å². The van der Waals surface area contributed by atoms with Crippen molar-refractivity contribution in [2.24, 2.45) is 0 Å². The van der Waals surface area contributed by atoms with Crippen LogP contribution in [0, 0.1) is 6.92 Å². The fourth-order valence-corrected chi connectivity index (χ4v) is 2.58. The van der Waals surface area contributed by atoms with E-state index in [-0.39, 0.29) is 0 Å². The molecule has 2 aromatic carbocycles. The van der Waals surface area contributed by atoms with Crippen LogP contribution in [-0.2, 0) is 0 Å². The molecule has 0 atom stereocenters. The van der Waals surface area contributed by atoms with Gasteiger partial charge in [-0.3, -0.25) is 0 Å². The first-order valence-corrected chi connectivity index (χ1v) is 7.08. The van der Waals surface area contributed by atoms with Crippen LogP contribution in [0.1, 0.15) is 5.69 Å². The van der Waals surface area contributed by atoms with E-state index in [1.54, 1.807) is 25.3 Å². The number of nitrogens with zero attached hydrogens (tertiary/aromatic N) is 2. The number of methoxy groups -OCH3 is 1. The van der Waals surface area contributed by atoms with E-state index in [1.807, 2.05) is 25.1 Å². The third-order valence-corrected chi connectivity index (χ3v) is 3.83. The number of hydrogen-bond donors (Lipinski definition) is 3. The second-order valence-corrected chi connectivity index (χ2v) is 5.26. The molecule has 0 aliphatic rings. The van der Waals surface area contributed by atoms with Crippen molar-refractivity contribution in [1.82, 2.24) is 10.2 Å². The first-order valence-electron chi connectivity index (χ1n) is 7.08. The molecule has 0 unspecified atom stereocenters. The van der Waals surface area contributed by atoms with E-state index in [4.69, 9.17) is 10.5 Å². The molecule has 0 spiro atoms. The number of nitrogens with two attached hydrogens (primary N) is 1. The highest BCUT2D eigenvalue weighted by Crippen LogP contribution is 2.32. The molecule has 0 saturated carbocycles. The monoisotopic (exact) mass is 309 g/mol. The van der Waals surface area contributed by atoms with Crippen LogP contribution in [-0.4, -0.2) is 34.5 Å². The lowest BCUT2D eigenvalue weighted by molar-refractivity contribution is 0.415. The van der Waals surface area contributed by atoms with Gasteiger partial charge in [0.05, 0.1) is 12.8 Å². The van der Waals surface area contributed by atoms with Gasteiger partial charge in [0, 0.05) is 16.3 Å². The summed E-state index contributed by atoms with van der Waals surface area (Å²) in [4.78, 5) is 0. The van der Waals surface area contributed by atoms with E-state index >= 15 is 0 Å². The van der Waals surface area contributed by atoms with Crippen LogP contribution >= 0.6 is 0 Å². The Bertz CT molecular complexity index is 884. The van der Waals surface area contributed by atoms with Crippen LogP contribution in [0.15, 0.2) is 36.4 Å². The van der Waals surface area contributed by atoms with Crippen molar-refractivity contribution < 1.29 is 14.8 Å². The van der Waals surface area contributed by atoms with E-state index < -0.39 is 7.12 Å². The molecule has 4 N–H and O–H groups in total. The minimum Gasteiger partial charge on any atom is -0.496 e. The van der Waals surface area contributed by atoms with Gasteiger partial charge in [-0.05, 0) is 36.1 Å². The molecule has 7 heteroatoms. The summed E-state index contributed by atoms with van der Waals surface area (Å²) in [6.07, 6.45) is 0. The average molecular weight is 309 g/mol. The largest absolute Gasteiger partial charge is 0.496 e. The van der Waals surface area contributed by atoms with Gasteiger partial charge in [-0.25, -0.2) is 0 Å². The SMILES string of the molecule is COc1ccc(B(O)O)cc1-c1ccc2c(N)nnc(C)c2c1. The zero-order valence-electron chi connectivity index (χ0n) is 12.8. The van der Waals surface area contributed by atoms with E-state index in [0.717, 1.165) is 27.6 Å². The van der Waals surface area contributed by atoms with E-state index in [9.17, 15) is 10.0 Å². The molecule has 3 rings (SSSR count). The molecule has 1 aromatic heterocycles. The van der Waals surface area contributed by atoms with Crippen molar-refractivity contribution in [3.63, 3.8) is 0 Å². The summed E-state index contributed by atoms with van der Waals surface area (Å²) in [5.41, 5.74) is 8.66. The number of ether oxygens (including phenoxy) is 1. The lowest BCUT2D eigenvalue weighted by Gasteiger charge is -2.12. The van der Waals surface area contributed by atoms with Gasteiger partial charge >= 0.3 is 7.12 Å². The fraction of sp³-hybridized carbons (Fsp3) is 0.125. The molecular formula is C16H16BN3O3. The highest BCUT2D eigenvalue weighted by Gasteiger charge is 2.16. The van der Waals surface area contributed by atoms with E-state index in [2.05, 4.69) is 10.2 Å². The van der Waals surface area contributed by atoms with Crippen molar-refractivity contribution in [2.45, 2.75) is 6.92 Å². The van der Waals surface area contributed by atoms with Crippen LogP contribution in [0.2, 0.25) is 0 Å². The lowest BCUT2D eigenvalue weighted by atomic mass is 9.79. The predicted octanol–water partition coefficient (Wildman–Crippen LogP) is 0.876. The summed E-state index contributed by atoms with van der Waals surface area (Å²) in [5, 5.41) is 28.5. The molecule has 0 aliphatic carbocycles. The maximum absolute atomic E-state index is 9.39. The molecule has 3 aromatic rings. The molecule has 0 amide bonds. The molecule has 0 aliphatic heterocycles. The van der Waals surface area contributed by atoms with Gasteiger partial charge in [-0.2, -0.15) is 5.10 Å². The average Bonchev–Trinajstić information content (AvgIpc) is 2.57. The van der Waals surface area contributed by atoms with Crippen molar-refractivity contribution in [3.05, 3.63) is 42.1 Å². The molecule has 0 saturated heterocycles. The maximum atomic E-state index is 9.39. The number of rotatable bonds is 3. The summed E-state index contributed by atoms with van der Waals surface area (Å²) in [7, 11) is 0.0345. The van der Waals surface area contributed by atoms with E-state index in [0.29, 0.717) is 17.0 Å². The quantitative estimate of drug-likeness (QED) is 0.621. The van der Waals surface area contributed by atoms with Gasteiger partial charge in [0.2, 0.25) is 0 Å². The molecule has 0 radical (unpaired) electrons. The summed E-state index contributed by atoms with van der Waals surface area (Å²) >= 11 is 0. The van der Waals surface area contributed by atoms with Gasteiger partial charge in [-0.1, -0.05) is 18.2 Å². The van der Waals surface area contributed by atoms with E-state index in [1.165, 1.54) is 0 Å². The maximum Gasteiger partial charge on any atom is 0.488 e. The van der Waals surface area contributed by atoms with Crippen LogP contribution in [0.5, 0.6) is 5.75 Å². The van der Waals surface area contributed by atoms with Crippen molar-refractivity contribution in [1.29, 1.82) is 0 Å². The Labute approximate surface area is 133 Å². The third kappa shape index (κ3) is 2.72. The standard InChI is InChI=1S/C16H16BN3O3/c1-9-13-7-10(3-5-12(13)16(18)20-19-9)14-8-11(17(21)22)4-6-15(14)23-2/h3-8,21-22H,1-2H3,(H2,18,20). The number of anilines is 1. The minimum atomic E-state index is -1.54. The zero-order valence-corrected chi connectivity index (χ0v) is 12.8. The summed E-state index contributed by atoms with van der Waals surface area (Å²) < 4.78 is 5.38. The fourth-order valence-electron chi connectivity index (χ4n) is 2.58. The van der Waals surface area contributed by atoms with Gasteiger partial charge in [0.1, 0.15) is 5.75 Å². The normalized spacial score (nSPS) is 10.8. The smallest absolute Gasteiger partial charge is 0.488 e. The lowest BCUT2D eigenvalue weighted by Crippen LogP contribution is -2.29. The van der Waals surface area contributed by atoms with Gasteiger partial charge < -0.3 is 20.5 Å². The Kier molecular flexibility index (Phi) is 3.89. The number of benzene rings is 2. The van der Waals surface area contributed by atoms with Crippen LogP contribution < -0.4 is 15.9 Å². The topological polar surface area (TPSA) is 101 Å². The van der Waals surface area contributed by atoms with Crippen molar-refractivity contribution in [2.75, 3.05) is 12.8 Å². The number of fused-ring (bicyclic) bond motifs is 1. The van der Waals surface area contributed by atoms with Crippen LogP contribution in [0.3, 0.4) is 0 Å². The van der Waals surface area contributed by atoms with Gasteiger partial charge in [0.15, 0.2) is 5.82 Å². The Morgan fingerprint density at radius 3 is 2.52 bits per heavy atom. The zero-order chi connectivity index (χ0) is 16.6. The predicted molar refractivity (Wildman–Crippen MR) is 90.5 cm³/mol. The Morgan fingerprint density at radius 1 is 1.04 bits per heavy atom. The first-order chi connectivity index (χ1) is 11.0. The number of aryl methyl sites for hydroxylation is 1. The highest BCUT2D eigenvalue weighted by molar-refractivity contribution is 6.58. The molecule has 116 valence electrons. The molecular weight excluding hydrogens is 293 g/mol. The van der Waals surface area contributed by atoms with Crippen molar-refractivity contribution >= 4 is 29.2 Å². The summed E-state index contributed by atoms with van der Waals surface area (Å²) in [6.45, 7) is 1.86. The molecule has 1 heterocycles. The first kappa shape index (κ1) is 15.3. The van der Waals surface area contributed by atoms with Crippen LogP contribution in [0.25, 0.3) is 21.9 Å².